The van der Waals surface area contributed by atoms with Gasteiger partial charge >= 0.3 is 11.8 Å². The Morgan fingerprint density at radius 3 is 2.47 bits per heavy atom. The molecule has 3 N–H and O–H groups in total. The van der Waals surface area contributed by atoms with Crippen molar-refractivity contribution in [2.75, 3.05) is 19.0 Å². The summed E-state index contributed by atoms with van der Waals surface area (Å²) in [6, 6.07) is 19.4. The van der Waals surface area contributed by atoms with Gasteiger partial charge in [-0.05, 0) is 66.1 Å². The summed E-state index contributed by atoms with van der Waals surface area (Å²) in [6.07, 6.45) is 1.37. The number of benzene rings is 3. The Hall–Kier alpha value is -4.18. The number of amides is 3. The van der Waals surface area contributed by atoms with E-state index in [1.807, 2.05) is 19.1 Å². The number of halogens is 1. The van der Waals surface area contributed by atoms with Crippen LogP contribution in [-0.4, -0.2) is 37.7 Å². The molecule has 0 saturated carbocycles. The van der Waals surface area contributed by atoms with Gasteiger partial charge in [-0.3, -0.25) is 14.4 Å². The van der Waals surface area contributed by atoms with Crippen LogP contribution in [0.1, 0.15) is 16.7 Å². The second-order valence-electron chi connectivity index (χ2n) is 7.60. The van der Waals surface area contributed by atoms with Gasteiger partial charge in [0.05, 0.1) is 13.3 Å². The maximum atomic E-state index is 12.2. The van der Waals surface area contributed by atoms with E-state index in [1.165, 1.54) is 6.21 Å². The first-order valence-electron chi connectivity index (χ1n) is 10.9. The second-order valence-corrected chi connectivity index (χ2v) is 8.46. The molecule has 3 amide bonds. The number of ether oxygens (including phenoxy) is 2. The number of nitrogens with zero attached hydrogens (tertiary/aromatic N) is 1. The van der Waals surface area contributed by atoms with Crippen molar-refractivity contribution in [1.82, 2.24) is 10.7 Å². The van der Waals surface area contributed by atoms with Crippen molar-refractivity contribution < 1.29 is 23.9 Å². The summed E-state index contributed by atoms with van der Waals surface area (Å²) >= 11 is 3.42. The number of hydrogen-bond donors (Lipinski definition) is 3. The fourth-order valence-corrected chi connectivity index (χ4v) is 3.22. The molecule has 0 unspecified atom stereocenters. The van der Waals surface area contributed by atoms with Crippen LogP contribution in [0.4, 0.5) is 5.69 Å². The van der Waals surface area contributed by atoms with E-state index in [0.29, 0.717) is 22.7 Å². The highest BCUT2D eigenvalue weighted by atomic mass is 79.9. The molecule has 0 bridgehead atoms. The Morgan fingerprint density at radius 1 is 0.972 bits per heavy atom. The van der Waals surface area contributed by atoms with Crippen LogP contribution in [0, 0.1) is 6.92 Å². The number of methoxy groups -OCH3 is 1. The average molecular weight is 553 g/mol. The van der Waals surface area contributed by atoms with Crippen LogP contribution in [0.15, 0.2) is 76.3 Å². The second kappa shape index (κ2) is 13.1. The van der Waals surface area contributed by atoms with E-state index in [9.17, 15) is 14.4 Å². The van der Waals surface area contributed by atoms with Crippen molar-refractivity contribution in [3.8, 4) is 11.5 Å². The number of rotatable bonds is 9. The third-order valence-corrected chi connectivity index (χ3v) is 5.76. The maximum Gasteiger partial charge on any atom is 0.329 e. The maximum absolute atomic E-state index is 12.2. The first-order valence-corrected chi connectivity index (χ1v) is 11.7. The molecular weight excluding hydrogens is 528 g/mol. The summed E-state index contributed by atoms with van der Waals surface area (Å²) in [6.45, 7) is 1.94. The van der Waals surface area contributed by atoms with Crippen LogP contribution in [0.5, 0.6) is 11.5 Å². The molecule has 0 aliphatic heterocycles. The average Bonchev–Trinajstić information content (AvgIpc) is 2.88. The lowest BCUT2D eigenvalue weighted by Gasteiger charge is -2.09. The van der Waals surface area contributed by atoms with Crippen molar-refractivity contribution in [2.45, 2.75) is 13.5 Å². The van der Waals surface area contributed by atoms with Gasteiger partial charge in [-0.1, -0.05) is 40.2 Å². The highest BCUT2D eigenvalue weighted by Gasteiger charge is 2.12. The molecule has 0 aromatic heterocycles. The Bertz CT molecular complexity index is 1260. The van der Waals surface area contributed by atoms with E-state index >= 15 is 0 Å². The van der Waals surface area contributed by atoms with Crippen LogP contribution in [0.2, 0.25) is 0 Å². The Balaban J connectivity index is 1.44. The summed E-state index contributed by atoms with van der Waals surface area (Å²) in [4.78, 5) is 36.1. The zero-order valence-electron chi connectivity index (χ0n) is 19.7. The molecule has 0 aliphatic carbocycles. The number of aryl methyl sites for hydroxylation is 1. The van der Waals surface area contributed by atoms with Gasteiger partial charge in [-0.25, -0.2) is 5.43 Å². The summed E-state index contributed by atoms with van der Waals surface area (Å²) in [5, 5.41) is 9.10. The van der Waals surface area contributed by atoms with Gasteiger partial charge in [0.2, 0.25) is 0 Å². The molecule has 0 heterocycles. The zero-order chi connectivity index (χ0) is 25.9. The normalized spacial score (nSPS) is 10.5. The van der Waals surface area contributed by atoms with E-state index in [-0.39, 0.29) is 19.1 Å². The van der Waals surface area contributed by atoms with E-state index < -0.39 is 11.8 Å². The molecule has 3 rings (SSSR count). The Kier molecular flexibility index (Phi) is 9.58. The molecule has 9 nitrogen and oxygen atoms in total. The van der Waals surface area contributed by atoms with E-state index in [4.69, 9.17) is 9.47 Å². The smallest absolute Gasteiger partial charge is 0.329 e. The fraction of sp³-hybridized carbons (Fsp3) is 0.154. The largest absolute Gasteiger partial charge is 0.497 e. The number of hydrogen-bond acceptors (Lipinski definition) is 6. The number of hydrazone groups is 1. The van der Waals surface area contributed by atoms with Crippen molar-refractivity contribution in [1.29, 1.82) is 0 Å². The van der Waals surface area contributed by atoms with Crippen molar-refractivity contribution in [2.24, 2.45) is 5.10 Å². The minimum absolute atomic E-state index is 0.180. The first kappa shape index (κ1) is 26.4. The molecule has 0 spiro atoms. The highest BCUT2D eigenvalue weighted by Crippen LogP contribution is 2.20. The van der Waals surface area contributed by atoms with Crippen molar-refractivity contribution in [3.63, 3.8) is 0 Å². The minimum Gasteiger partial charge on any atom is -0.497 e. The predicted octanol–water partition coefficient (Wildman–Crippen LogP) is 3.55. The van der Waals surface area contributed by atoms with E-state index in [0.717, 1.165) is 15.6 Å². The Labute approximate surface area is 217 Å². The SMILES string of the molecule is COc1ccc(CNC(=O)C(=O)N/N=C\c2cccc(OCC(=O)Nc3ccc(Br)c(C)c3)c2)cc1. The standard InChI is InChI=1S/C26H25BrN4O5/c1-17-12-20(8-11-23(17)27)30-24(32)16-36-22-5-3-4-19(13-22)15-29-31-26(34)25(33)28-14-18-6-9-21(35-2)10-7-18/h3-13,15H,14,16H2,1-2H3,(H,28,33)(H,30,32)(H,31,34)/b29-15-. The molecule has 0 saturated heterocycles. The molecule has 0 aliphatic rings. The summed E-state index contributed by atoms with van der Waals surface area (Å²) in [5.41, 5.74) is 5.28. The topological polar surface area (TPSA) is 118 Å². The van der Waals surface area contributed by atoms with Crippen LogP contribution in [-0.2, 0) is 20.9 Å². The third kappa shape index (κ3) is 8.24. The summed E-state index contributed by atoms with van der Waals surface area (Å²) < 4.78 is 11.6. The molecule has 0 radical (unpaired) electrons. The highest BCUT2D eigenvalue weighted by molar-refractivity contribution is 9.10. The number of carbonyl (C=O) groups excluding carboxylic acids is 3. The molecule has 186 valence electrons. The van der Waals surface area contributed by atoms with E-state index in [1.54, 1.807) is 61.7 Å². The third-order valence-electron chi connectivity index (χ3n) is 4.87. The van der Waals surface area contributed by atoms with Gasteiger partial charge in [0.15, 0.2) is 6.61 Å². The van der Waals surface area contributed by atoms with Crippen LogP contribution in [0.25, 0.3) is 0 Å². The summed E-state index contributed by atoms with van der Waals surface area (Å²) in [7, 11) is 1.57. The summed E-state index contributed by atoms with van der Waals surface area (Å²) in [5.74, 6) is -0.863. The van der Waals surface area contributed by atoms with Crippen molar-refractivity contribution >= 4 is 45.6 Å². The lowest BCUT2D eigenvalue weighted by Crippen LogP contribution is -2.37. The predicted molar refractivity (Wildman–Crippen MR) is 140 cm³/mol. The van der Waals surface area contributed by atoms with Gasteiger partial charge in [0, 0.05) is 16.7 Å². The van der Waals surface area contributed by atoms with Gasteiger partial charge in [-0.15, -0.1) is 0 Å². The van der Waals surface area contributed by atoms with Gasteiger partial charge in [0.25, 0.3) is 5.91 Å². The quantitative estimate of drug-likeness (QED) is 0.213. The van der Waals surface area contributed by atoms with Gasteiger partial charge < -0.3 is 20.1 Å². The first-order chi connectivity index (χ1) is 17.3. The monoisotopic (exact) mass is 552 g/mol. The van der Waals surface area contributed by atoms with Crippen LogP contribution < -0.4 is 25.5 Å². The molecule has 10 heteroatoms. The van der Waals surface area contributed by atoms with E-state index in [2.05, 4.69) is 37.1 Å². The molecule has 3 aromatic carbocycles. The lowest BCUT2D eigenvalue weighted by molar-refractivity contribution is -0.139. The minimum atomic E-state index is -0.896. The lowest BCUT2D eigenvalue weighted by atomic mass is 10.2. The molecular formula is C26H25BrN4O5. The zero-order valence-corrected chi connectivity index (χ0v) is 21.3. The van der Waals surface area contributed by atoms with Crippen LogP contribution in [0.3, 0.4) is 0 Å². The van der Waals surface area contributed by atoms with Gasteiger partial charge in [0.1, 0.15) is 11.5 Å². The Morgan fingerprint density at radius 2 is 1.75 bits per heavy atom. The van der Waals surface area contributed by atoms with Gasteiger partial charge in [-0.2, -0.15) is 5.10 Å². The fourth-order valence-electron chi connectivity index (χ4n) is 2.98. The molecule has 36 heavy (non-hydrogen) atoms. The van der Waals surface area contributed by atoms with Crippen LogP contribution >= 0.6 is 15.9 Å². The molecule has 0 atom stereocenters. The van der Waals surface area contributed by atoms with Crippen molar-refractivity contribution in [3.05, 3.63) is 87.9 Å². The molecule has 0 fully saturated rings. The number of anilines is 1. The number of carbonyl (C=O) groups is 3. The number of nitrogens with one attached hydrogen (secondary N) is 3. The molecule has 3 aromatic rings.